The van der Waals surface area contributed by atoms with Gasteiger partial charge in [-0.25, -0.2) is 4.57 Å². The van der Waals surface area contributed by atoms with Crippen LogP contribution in [0.5, 0.6) is 0 Å². The molecule has 3 heteroatoms. The maximum atomic E-state index is 6.69. The normalized spacial score (nSPS) is 12.4. The smallest absolute Gasteiger partial charge is 0.294 e. The zero-order chi connectivity index (χ0) is 22.6. The molecule has 0 amide bonds. The first-order valence-corrected chi connectivity index (χ1v) is 11.7. The van der Waals surface area contributed by atoms with Crippen molar-refractivity contribution in [2.75, 3.05) is 0 Å². The summed E-state index contributed by atoms with van der Waals surface area (Å²) in [5.41, 5.74) is 5.46. The molecule has 8 aromatic rings. The van der Waals surface area contributed by atoms with Crippen LogP contribution in [0.3, 0.4) is 0 Å². The molecule has 0 fully saturated rings. The van der Waals surface area contributed by atoms with Crippen molar-refractivity contribution < 1.29 is 8.98 Å². The third kappa shape index (κ3) is 2.14. The largest absolute Gasteiger partial charge is 0.452 e. The molecule has 0 radical (unpaired) electrons. The van der Waals surface area contributed by atoms with Crippen molar-refractivity contribution >= 4 is 70.8 Å². The minimum absolute atomic E-state index is 0.931. The Morgan fingerprint density at radius 3 is 2.47 bits per heavy atom. The molecule has 0 unspecified atom stereocenters. The highest BCUT2D eigenvalue weighted by Gasteiger charge is 2.23. The van der Waals surface area contributed by atoms with Gasteiger partial charge in [0.15, 0.2) is 11.1 Å². The Morgan fingerprint density at radius 2 is 1.53 bits per heavy atom. The van der Waals surface area contributed by atoms with Crippen molar-refractivity contribution in [3.8, 4) is 0 Å². The summed E-state index contributed by atoms with van der Waals surface area (Å²) in [5, 5.41) is 11.0. The molecule has 0 N–H and O–H groups in total. The minimum Gasteiger partial charge on any atom is -0.452 e. The number of pyridine rings is 1. The third-order valence-corrected chi connectivity index (χ3v) is 7.51. The van der Waals surface area contributed by atoms with Crippen LogP contribution < -0.4 is 4.57 Å². The van der Waals surface area contributed by atoms with Crippen LogP contribution in [0.1, 0.15) is 5.56 Å². The minimum atomic E-state index is 0.931. The standard InChI is InChI=1S/C31H21N2O/c1-18-6-5-9-22-23-12-13-24-26-16-20-11-10-19-7-3-4-8-21(19)25(20)17-27(26)34-30(24)29(23)33-15-14-32(2)31(33)28(18)22/h3-17H,1-2H3/q+1. The molecular formula is C31H21N2O+. The van der Waals surface area contributed by atoms with Crippen molar-refractivity contribution in [2.45, 2.75) is 6.92 Å². The Labute approximate surface area is 195 Å². The molecule has 0 aliphatic carbocycles. The summed E-state index contributed by atoms with van der Waals surface area (Å²) in [4.78, 5) is 0. The third-order valence-electron chi connectivity index (χ3n) is 7.51. The molecule has 0 atom stereocenters. The van der Waals surface area contributed by atoms with Gasteiger partial charge in [-0.05, 0) is 58.3 Å². The van der Waals surface area contributed by atoms with Crippen LogP contribution in [-0.4, -0.2) is 4.40 Å². The van der Waals surface area contributed by atoms with E-state index in [9.17, 15) is 0 Å². The number of imidazole rings is 1. The molecule has 34 heavy (non-hydrogen) atoms. The Morgan fingerprint density at radius 1 is 0.706 bits per heavy atom. The molecule has 8 rings (SSSR count). The predicted molar refractivity (Wildman–Crippen MR) is 141 cm³/mol. The molecule has 0 saturated carbocycles. The van der Waals surface area contributed by atoms with Crippen LogP contribution in [0, 0.1) is 6.92 Å². The first-order valence-electron chi connectivity index (χ1n) is 11.7. The second-order valence-electron chi connectivity index (χ2n) is 9.40. The molecule has 3 nitrogen and oxygen atoms in total. The SMILES string of the molecule is Cc1cccc2c3ccc4c5cc6ccc7ccccc7c6cc5oc4c3n3cc[n+](C)c3c12. The number of hydrogen-bond acceptors (Lipinski definition) is 1. The highest BCUT2D eigenvalue weighted by Crippen LogP contribution is 2.40. The number of hydrogen-bond donors (Lipinski definition) is 0. The lowest BCUT2D eigenvalue weighted by atomic mass is 9.98. The zero-order valence-corrected chi connectivity index (χ0v) is 19.0. The lowest BCUT2D eigenvalue weighted by Gasteiger charge is -2.07. The molecule has 0 spiro atoms. The van der Waals surface area contributed by atoms with Gasteiger partial charge in [-0.3, -0.25) is 0 Å². The van der Waals surface area contributed by atoms with Gasteiger partial charge in [0.25, 0.3) is 5.65 Å². The number of fused-ring (bicyclic) bond motifs is 13. The van der Waals surface area contributed by atoms with Crippen LogP contribution >= 0.6 is 0 Å². The van der Waals surface area contributed by atoms with E-state index in [1.54, 1.807) is 0 Å². The molecule has 160 valence electrons. The fraction of sp³-hybridized carbons (Fsp3) is 0.0645. The van der Waals surface area contributed by atoms with E-state index >= 15 is 0 Å². The number of rotatable bonds is 0. The molecule has 0 bridgehead atoms. The average molecular weight is 438 g/mol. The van der Waals surface area contributed by atoms with E-state index in [1.807, 2.05) is 0 Å². The highest BCUT2D eigenvalue weighted by atomic mass is 16.3. The van der Waals surface area contributed by atoms with Gasteiger partial charge in [0, 0.05) is 21.5 Å². The summed E-state index contributed by atoms with van der Waals surface area (Å²) in [6.07, 6.45) is 4.28. The van der Waals surface area contributed by atoms with Gasteiger partial charge in [0.05, 0.1) is 12.4 Å². The van der Waals surface area contributed by atoms with Crippen molar-refractivity contribution in [2.24, 2.45) is 7.05 Å². The van der Waals surface area contributed by atoms with Crippen LogP contribution in [0.2, 0.25) is 0 Å². The predicted octanol–water partition coefficient (Wildman–Crippen LogP) is 7.58. The van der Waals surface area contributed by atoms with Crippen molar-refractivity contribution in [1.82, 2.24) is 4.40 Å². The summed E-state index contributed by atoms with van der Waals surface area (Å²) >= 11 is 0. The van der Waals surface area contributed by atoms with E-state index in [0.29, 0.717) is 0 Å². The van der Waals surface area contributed by atoms with Gasteiger partial charge in [0.2, 0.25) is 0 Å². The van der Waals surface area contributed by atoms with E-state index in [1.165, 1.54) is 48.9 Å². The molecule has 3 aromatic heterocycles. The summed E-state index contributed by atoms with van der Waals surface area (Å²) in [7, 11) is 2.11. The van der Waals surface area contributed by atoms with E-state index in [0.717, 1.165) is 27.5 Å². The number of aromatic nitrogens is 2. The second kappa shape index (κ2) is 6.15. The van der Waals surface area contributed by atoms with Gasteiger partial charge in [-0.15, -0.1) is 0 Å². The van der Waals surface area contributed by atoms with Gasteiger partial charge >= 0.3 is 0 Å². The first-order chi connectivity index (χ1) is 16.7. The van der Waals surface area contributed by atoms with Gasteiger partial charge in [0.1, 0.15) is 18.0 Å². The fourth-order valence-corrected chi connectivity index (χ4v) is 5.93. The number of nitrogens with zero attached hydrogens (tertiary/aromatic N) is 2. The molecular weight excluding hydrogens is 416 g/mol. The van der Waals surface area contributed by atoms with Crippen LogP contribution in [0.25, 0.3) is 70.8 Å². The van der Waals surface area contributed by atoms with Crippen LogP contribution in [-0.2, 0) is 7.05 Å². The zero-order valence-electron chi connectivity index (χ0n) is 19.0. The summed E-state index contributed by atoms with van der Waals surface area (Å²) in [6, 6.07) is 28.6. The topological polar surface area (TPSA) is 21.4 Å². The lowest BCUT2D eigenvalue weighted by Crippen LogP contribution is -2.26. The quantitative estimate of drug-likeness (QED) is 0.177. The number of furan rings is 1. The monoisotopic (exact) mass is 437 g/mol. The van der Waals surface area contributed by atoms with E-state index in [4.69, 9.17) is 4.42 Å². The number of benzene rings is 5. The van der Waals surface area contributed by atoms with Gasteiger partial charge in [-0.2, -0.15) is 4.40 Å². The lowest BCUT2D eigenvalue weighted by molar-refractivity contribution is -0.643. The summed E-state index contributed by atoms with van der Waals surface area (Å²) in [6.45, 7) is 2.19. The van der Waals surface area contributed by atoms with E-state index in [2.05, 4.69) is 114 Å². The average Bonchev–Trinajstić information content (AvgIpc) is 3.42. The van der Waals surface area contributed by atoms with Crippen molar-refractivity contribution in [3.63, 3.8) is 0 Å². The van der Waals surface area contributed by atoms with E-state index in [-0.39, 0.29) is 0 Å². The fourth-order valence-electron chi connectivity index (χ4n) is 5.93. The Kier molecular flexibility index (Phi) is 3.27. The Hall–Kier alpha value is -4.37. The molecule has 5 aromatic carbocycles. The second-order valence-corrected chi connectivity index (χ2v) is 9.40. The maximum Gasteiger partial charge on any atom is 0.294 e. The van der Waals surface area contributed by atoms with Gasteiger partial charge in [-0.1, -0.05) is 54.6 Å². The molecule has 3 heterocycles. The summed E-state index contributed by atoms with van der Waals surface area (Å²) in [5.74, 6) is 0. The number of aryl methyl sites for hydroxylation is 2. The Balaban J connectivity index is 1.61. The van der Waals surface area contributed by atoms with Gasteiger partial charge < -0.3 is 4.42 Å². The molecule has 0 aliphatic heterocycles. The van der Waals surface area contributed by atoms with Crippen LogP contribution in [0.15, 0.2) is 95.7 Å². The van der Waals surface area contributed by atoms with Crippen molar-refractivity contribution in [3.05, 3.63) is 96.8 Å². The first kappa shape index (κ1) is 18.1. The molecule has 0 saturated heterocycles. The Bertz CT molecular complexity index is 2140. The highest BCUT2D eigenvalue weighted by molar-refractivity contribution is 6.23. The van der Waals surface area contributed by atoms with Crippen molar-refractivity contribution in [1.29, 1.82) is 0 Å². The summed E-state index contributed by atoms with van der Waals surface area (Å²) < 4.78 is 11.2. The maximum absolute atomic E-state index is 6.69. The van der Waals surface area contributed by atoms with E-state index < -0.39 is 0 Å². The van der Waals surface area contributed by atoms with Crippen LogP contribution in [0.4, 0.5) is 0 Å². The molecule has 0 aliphatic rings.